The van der Waals surface area contributed by atoms with Gasteiger partial charge < -0.3 is 15.0 Å². The van der Waals surface area contributed by atoms with E-state index in [0.717, 1.165) is 66.1 Å². The highest BCUT2D eigenvalue weighted by Gasteiger charge is 2.42. The van der Waals surface area contributed by atoms with Crippen molar-refractivity contribution < 1.29 is 4.74 Å². The SMILES string of the molecule is CC(C)(C)Cn1cc(Nc2ncc3cc(Cl)c(N4CCC(C5(C)COC5)CC4)cc3n2)cn1. The van der Waals surface area contributed by atoms with Crippen LogP contribution in [0.3, 0.4) is 0 Å². The molecule has 2 fully saturated rings. The van der Waals surface area contributed by atoms with E-state index >= 15 is 0 Å². The molecule has 0 atom stereocenters. The number of ether oxygens (including phenoxy) is 1. The van der Waals surface area contributed by atoms with E-state index < -0.39 is 0 Å². The lowest BCUT2D eigenvalue weighted by atomic mass is 9.71. The summed E-state index contributed by atoms with van der Waals surface area (Å²) in [6.07, 6.45) is 7.96. The predicted molar refractivity (Wildman–Crippen MR) is 133 cm³/mol. The van der Waals surface area contributed by atoms with Crippen molar-refractivity contribution in [3.8, 4) is 0 Å². The summed E-state index contributed by atoms with van der Waals surface area (Å²) in [7, 11) is 0. The topological polar surface area (TPSA) is 68.1 Å². The summed E-state index contributed by atoms with van der Waals surface area (Å²) in [6.45, 7) is 13.6. The van der Waals surface area contributed by atoms with Crippen molar-refractivity contribution in [3.63, 3.8) is 0 Å². The number of hydrogen-bond acceptors (Lipinski definition) is 6. The van der Waals surface area contributed by atoms with Crippen molar-refractivity contribution in [2.75, 3.05) is 36.5 Å². The summed E-state index contributed by atoms with van der Waals surface area (Å²) >= 11 is 6.68. The maximum Gasteiger partial charge on any atom is 0.227 e. The first-order valence-corrected chi connectivity index (χ1v) is 12.1. The van der Waals surface area contributed by atoms with Crippen LogP contribution in [0, 0.1) is 16.7 Å². The van der Waals surface area contributed by atoms with Crippen LogP contribution in [-0.4, -0.2) is 46.1 Å². The average molecular weight is 469 g/mol. The van der Waals surface area contributed by atoms with Crippen molar-refractivity contribution in [1.29, 1.82) is 0 Å². The lowest BCUT2D eigenvalue weighted by molar-refractivity contribution is -0.138. The molecule has 0 bridgehead atoms. The number of hydrogen-bond donors (Lipinski definition) is 1. The molecule has 0 saturated carbocycles. The molecule has 2 aliphatic rings. The molecule has 0 unspecified atom stereocenters. The van der Waals surface area contributed by atoms with Crippen LogP contribution in [0.25, 0.3) is 10.9 Å². The number of anilines is 3. The second-order valence-corrected chi connectivity index (χ2v) is 11.5. The maximum absolute atomic E-state index is 6.68. The number of fused-ring (bicyclic) bond motifs is 1. The molecule has 1 aromatic carbocycles. The zero-order chi connectivity index (χ0) is 23.2. The summed E-state index contributed by atoms with van der Waals surface area (Å²) < 4.78 is 7.43. The molecular formula is C25H33ClN6O. The summed E-state index contributed by atoms with van der Waals surface area (Å²) in [4.78, 5) is 11.6. The second-order valence-electron chi connectivity index (χ2n) is 11.1. The number of aromatic nitrogens is 4. The number of nitrogens with one attached hydrogen (secondary N) is 1. The number of halogens is 1. The third-order valence-corrected chi connectivity index (χ3v) is 7.16. The molecule has 2 saturated heterocycles. The van der Waals surface area contributed by atoms with Crippen molar-refractivity contribution >= 4 is 39.8 Å². The Morgan fingerprint density at radius 3 is 2.61 bits per heavy atom. The first-order valence-electron chi connectivity index (χ1n) is 11.8. The van der Waals surface area contributed by atoms with Gasteiger partial charge in [-0.2, -0.15) is 5.10 Å². The van der Waals surface area contributed by atoms with Gasteiger partial charge in [-0.05, 0) is 36.3 Å². The first kappa shape index (κ1) is 22.4. The normalized spacial score (nSPS) is 19.0. The van der Waals surface area contributed by atoms with Crippen LogP contribution in [0.2, 0.25) is 5.02 Å². The van der Waals surface area contributed by atoms with E-state index in [-0.39, 0.29) is 5.41 Å². The van der Waals surface area contributed by atoms with E-state index in [1.807, 2.05) is 29.3 Å². The van der Waals surface area contributed by atoms with Gasteiger partial charge in [0.05, 0.1) is 41.3 Å². The monoisotopic (exact) mass is 468 g/mol. The summed E-state index contributed by atoms with van der Waals surface area (Å²) in [5.41, 5.74) is 3.34. The summed E-state index contributed by atoms with van der Waals surface area (Å²) in [5.74, 6) is 1.28. The number of rotatable bonds is 5. The van der Waals surface area contributed by atoms with E-state index in [2.05, 4.69) is 54.1 Å². The van der Waals surface area contributed by atoms with Gasteiger partial charge in [-0.3, -0.25) is 4.68 Å². The molecule has 0 radical (unpaired) electrons. The molecule has 0 aliphatic carbocycles. The van der Waals surface area contributed by atoms with Crippen LogP contribution in [0.4, 0.5) is 17.3 Å². The smallest absolute Gasteiger partial charge is 0.227 e. The van der Waals surface area contributed by atoms with Crippen molar-refractivity contribution in [2.45, 2.75) is 47.1 Å². The number of piperidine rings is 1. The molecule has 0 amide bonds. The average Bonchev–Trinajstić information content (AvgIpc) is 3.17. The highest BCUT2D eigenvalue weighted by Crippen LogP contribution is 2.42. The fourth-order valence-electron chi connectivity index (χ4n) is 4.95. The lowest BCUT2D eigenvalue weighted by Crippen LogP contribution is -2.50. The van der Waals surface area contributed by atoms with Crippen molar-refractivity contribution in [1.82, 2.24) is 19.7 Å². The highest BCUT2D eigenvalue weighted by atomic mass is 35.5. The minimum Gasteiger partial charge on any atom is -0.380 e. The van der Waals surface area contributed by atoms with Gasteiger partial charge in [-0.25, -0.2) is 9.97 Å². The van der Waals surface area contributed by atoms with Gasteiger partial charge in [-0.15, -0.1) is 0 Å². The maximum atomic E-state index is 6.68. The van der Waals surface area contributed by atoms with Gasteiger partial charge >= 0.3 is 0 Å². The van der Waals surface area contributed by atoms with Crippen LogP contribution < -0.4 is 10.2 Å². The Morgan fingerprint density at radius 1 is 1.18 bits per heavy atom. The van der Waals surface area contributed by atoms with Crippen LogP contribution in [0.5, 0.6) is 0 Å². The van der Waals surface area contributed by atoms with Gasteiger partial charge in [0.25, 0.3) is 0 Å². The van der Waals surface area contributed by atoms with E-state index in [1.165, 1.54) is 12.8 Å². The van der Waals surface area contributed by atoms with Gasteiger partial charge in [-0.1, -0.05) is 39.3 Å². The lowest BCUT2D eigenvalue weighted by Gasteiger charge is -2.48. The Hall–Kier alpha value is -2.38. The molecule has 2 aliphatic heterocycles. The molecule has 4 heterocycles. The first-order chi connectivity index (χ1) is 15.7. The molecule has 3 aromatic rings. The van der Waals surface area contributed by atoms with Crippen molar-refractivity contribution in [3.05, 3.63) is 35.7 Å². The molecule has 8 heteroatoms. The highest BCUT2D eigenvalue weighted by molar-refractivity contribution is 6.34. The molecule has 7 nitrogen and oxygen atoms in total. The zero-order valence-corrected chi connectivity index (χ0v) is 20.7. The fraction of sp³-hybridized carbons (Fsp3) is 0.560. The van der Waals surface area contributed by atoms with E-state index in [0.29, 0.717) is 11.4 Å². The second kappa shape index (κ2) is 8.44. The Balaban J connectivity index is 1.32. The molecule has 0 spiro atoms. The Bertz CT molecular complexity index is 1140. The molecule has 5 rings (SSSR count). The van der Waals surface area contributed by atoms with Gasteiger partial charge in [0.2, 0.25) is 5.95 Å². The van der Waals surface area contributed by atoms with Crippen LogP contribution in [-0.2, 0) is 11.3 Å². The van der Waals surface area contributed by atoms with Gasteiger partial charge in [0, 0.05) is 42.8 Å². The Morgan fingerprint density at radius 2 is 1.94 bits per heavy atom. The molecule has 2 aromatic heterocycles. The third-order valence-electron chi connectivity index (χ3n) is 6.86. The third kappa shape index (κ3) is 4.80. The van der Waals surface area contributed by atoms with E-state index in [1.54, 1.807) is 0 Å². The summed E-state index contributed by atoms with van der Waals surface area (Å²) in [6, 6.07) is 4.08. The minimum atomic E-state index is 0.163. The van der Waals surface area contributed by atoms with Gasteiger partial charge in [0.1, 0.15) is 0 Å². The molecule has 176 valence electrons. The van der Waals surface area contributed by atoms with Crippen LogP contribution >= 0.6 is 11.6 Å². The van der Waals surface area contributed by atoms with E-state index in [4.69, 9.17) is 21.3 Å². The molecular weight excluding hydrogens is 436 g/mol. The van der Waals surface area contributed by atoms with Crippen LogP contribution in [0.15, 0.2) is 30.7 Å². The Labute approximate surface area is 200 Å². The summed E-state index contributed by atoms with van der Waals surface area (Å²) in [5, 5.41) is 9.43. The molecule has 33 heavy (non-hydrogen) atoms. The Kier molecular flexibility index (Phi) is 5.73. The quantitative estimate of drug-likeness (QED) is 0.531. The number of benzene rings is 1. The fourth-order valence-corrected chi connectivity index (χ4v) is 5.24. The standard InChI is InChI=1S/C25H33ClN6O/c1-24(2,3)14-32-13-19(12-28-32)29-23-27-11-17-9-20(26)22(10-21(17)30-23)31-7-5-18(6-8-31)25(4)15-33-16-25/h9-13,18H,5-8,14-16H2,1-4H3,(H,27,29,30). The predicted octanol–water partition coefficient (Wildman–Crippen LogP) is 5.52. The minimum absolute atomic E-state index is 0.163. The van der Waals surface area contributed by atoms with Gasteiger partial charge in [0.15, 0.2) is 0 Å². The zero-order valence-electron chi connectivity index (χ0n) is 19.9. The van der Waals surface area contributed by atoms with Crippen molar-refractivity contribution in [2.24, 2.45) is 16.7 Å². The number of nitrogens with zero attached hydrogens (tertiary/aromatic N) is 5. The van der Waals surface area contributed by atoms with Crippen LogP contribution in [0.1, 0.15) is 40.5 Å². The largest absolute Gasteiger partial charge is 0.380 e. The molecule has 1 N–H and O–H groups in total. The van der Waals surface area contributed by atoms with E-state index in [9.17, 15) is 0 Å².